The number of hydrogen-bond acceptors (Lipinski definition) is 5. The van der Waals surface area contributed by atoms with Gasteiger partial charge in [0.05, 0.1) is 15.5 Å². The average Bonchev–Trinajstić information content (AvgIpc) is 2.73. The molecule has 0 radical (unpaired) electrons. The molecule has 0 bridgehead atoms. The second-order valence-electron chi connectivity index (χ2n) is 7.12. The normalized spacial score (nSPS) is 15.9. The first-order chi connectivity index (χ1) is 13.8. The predicted molar refractivity (Wildman–Crippen MR) is 113 cm³/mol. The van der Waals surface area contributed by atoms with Crippen molar-refractivity contribution in [2.75, 3.05) is 0 Å². The molecule has 1 aliphatic rings. The number of benzene rings is 2. The minimum absolute atomic E-state index is 0.133. The zero-order chi connectivity index (χ0) is 21.0. The summed E-state index contributed by atoms with van der Waals surface area (Å²) in [5.41, 5.74) is 2.12. The Labute approximate surface area is 175 Å². The van der Waals surface area contributed by atoms with Gasteiger partial charge in [0.15, 0.2) is 0 Å². The second-order valence-corrected chi connectivity index (χ2v) is 9.19. The van der Waals surface area contributed by atoms with Crippen LogP contribution in [-0.2, 0) is 10.0 Å². The molecule has 3 rings (SSSR count). The van der Waals surface area contributed by atoms with Crippen LogP contribution >= 0.6 is 11.6 Å². The van der Waals surface area contributed by atoms with Crippen LogP contribution in [0.4, 0.5) is 5.69 Å². The van der Waals surface area contributed by atoms with E-state index >= 15 is 0 Å². The molecule has 2 aromatic carbocycles. The van der Waals surface area contributed by atoms with Gasteiger partial charge in [0.1, 0.15) is 5.02 Å². The third kappa shape index (κ3) is 5.13. The molecule has 1 fully saturated rings. The van der Waals surface area contributed by atoms with Crippen LogP contribution in [0.3, 0.4) is 0 Å². The zero-order valence-corrected chi connectivity index (χ0v) is 17.5. The fourth-order valence-corrected chi connectivity index (χ4v) is 4.54. The smallest absolute Gasteiger partial charge is 0.258 e. The number of nitro benzene ring substituents is 1. The number of hydrogen-bond donors (Lipinski definition) is 1. The maximum atomic E-state index is 12.4. The van der Waals surface area contributed by atoms with E-state index < -0.39 is 20.6 Å². The van der Waals surface area contributed by atoms with Gasteiger partial charge in [0, 0.05) is 6.07 Å². The van der Waals surface area contributed by atoms with Crippen molar-refractivity contribution in [3.05, 3.63) is 68.7 Å². The highest BCUT2D eigenvalue weighted by Crippen LogP contribution is 2.32. The molecule has 0 atom stereocenters. The molecule has 2 aromatic rings. The number of halogens is 1. The van der Waals surface area contributed by atoms with Crippen molar-refractivity contribution in [1.82, 2.24) is 4.83 Å². The highest BCUT2D eigenvalue weighted by Gasteiger charge is 2.20. The summed E-state index contributed by atoms with van der Waals surface area (Å²) >= 11 is 5.73. The summed E-state index contributed by atoms with van der Waals surface area (Å²) in [5, 5.41) is 14.8. The minimum atomic E-state index is -4.06. The number of nitrogens with zero attached hydrogens (tertiary/aromatic N) is 2. The SMILES string of the molecule is C/C(=N/NS(=O)(=O)c1ccc(Cl)c([N+](=O)[O-])c1)c1ccc(C2CCCCC2)cc1. The molecule has 0 aromatic heterocycles. The Hall–Kier alpha value is -2.45. The fourth-order valence-electron chi connectivity index (χ4n) is 3.48. The van der Waals surface area contributed by atoms with Crippen molar-refractivity contribution >= 4 is 33.0 Å². The first-order valence-electron chi connectivity index (χ1n) is 9.38. The maximum Gasteiger partial charge on any atom is 0.289 e. The van der Waals surface area contributed by atoms with Gasteiger partial charge in [-0.25, -0.2) is 0 Å². The lowest BCUT2D eigenvalue weighted by Crippen LogP contribution is -2.20. The highest BCUT2D eigenvalue weighted by molar-refractivity contribution is 7.89. The van der Waals surface area contributed by atoms with Crippen LogP contribution in [0.2, 0.25) is 5.02 Å². The van der Waals surface area contributed by atoms with Crippen LogP contribution in [0.25, 0.3) is 0 Å². The van der Waals surface area contributed by atoms with E-state index in [1.807, 2.05) is 12.1 Å². The molecule has 154 valence electrons. The standard InChI is InChI=1S/C20H22ClN3O4S/c1-14(15-7-9-17(10-8-15)16-5-3-2-4-6-16)22-23-29(27,28)18-11-12-19(21)20(13-18)24(25)26/h7-13,16,23H,2-6H2,1H3/b22-14-. The van der Waals surface area contributed by atoms with Crippen molar-refractivity contribution in [2.45, 2.75) is 49.8 Å². The van der Waals surface area contributed by atoms with Crippen LogP contribution in [-0.4, -0.2) is 19.1 Å². The molecule has 0 unspecified atom stereocenters. The zero-order valence-electron chi connectivity index (χ0n) is 16.0. The third-order valence-corrected chi connectivity index (χ3v) is 6.69. The Kier molecular flexibility index (Phi) is 6.54. The molecule has 0 saturated heterocycles. The Morgan fingerprint density at radius 3 is 2.41 bits per heavy atom. The lowest BCUT2D eigenvalue weighted by molar-refractivity contribution is -0.384. The largest absolute Gasteiger partial charge is 0.289 e. The maximum absolute atomic E-state index is 12.4. The molecule has 1 saturated carbocycles. The third-order valence-electron chi connectivity index (χ3n) is 5.16. The van der Waals surface area contributed by atoms with Gasteiger partial charge in [0.2, 0.25) is 0 Å². The molecular formula is C20H22ClN3O4S. The molecule has 1 aliphatic carbocycles. The Bertz CT molecular complexity index is 1030. The molecule has 0 aliphatic heterocycles. The van der Waals surface area contributed by atoms with Crippen molar-refractivity contribution < 1.29 is 13.3 Å². The summed E-state index contributed by atoms with van der Waals surface area (Å²) in [4.78, 5) is 12.1. The fraction of sp³-hybridized carbons (Fsp3) is 0.350. The second kappa shape index (κ2) is 8.92. The number of nitrogens with one attached hydrogen (secondary N) is 1. The Morgan fingerprint density at radius 2 is 1.79 bits per heavy atom. The first kappa shape index (κ1) is 21.3. The van der Waals surface area contributed by atoms with Gasteiger partial charge in [-0.05, 0) is 48.9 Å². The number of nitro groups is 1. The van der Waals surface area contributed by atoms with Crippen molar-refractivity contribution in [3.8, 4) is 0 Å². The van der Waals surface area contributed by atoms with Crippen LogP contribution in [0.1, 0.15) is 56.1 Å². The van der Waals surface area contributed by atoms with Crippen LogP contribution < -0.4 is 4.83 Å². The summed E-state index contributed by atoms with van der Waals surface area (Å²) in [5.74, 6) is 0.592. The van der Waals surface area contributed by atoms with Crippen molar-refractivity contribution in [2.24, 2.45) is 5.10 Å². The van der Waals surface area contributed by atoms with Crippen molar-refractivity contribution in [1.29, 1.82) is 0 Å². The van der Waals surface area contributed by atoms with Gasteiger partial charge in [0.25, 0.3) is 15.7 Å². The Balaban J connectivity index is 1.74. The van der Waals surface area contributed by atoms with E-state index in [1.54, 1.807) is 6.92 Å². The molecule has 1 N–H and O–H groups in total. The summed E-state index contributed by atoms with van der Waals surface area (Å²) in [6, 6.07) is 11.3. The predicted octanol–water partition coefficient (Wildman–Crippen LogP) is 5.00. The first-order valence-corrected chi connectivity index (χ1v) is 11.2. The molecule has 29 heavy (non-hydrogen) atoms. The average molecular weight is 436 g/mol. The van der Waals surface area contributed by atoms with Gasteiger partial charge in [-0.1, -0.05) is 55.1 Å². The van der Waals surface area contributed by atoms with Gasteiger partial charge in [-0.15, -0.1) is 0 Å². The summed E-state index contributed by atoms with van der Waals surface area (Å²) in [6.07, 6.45) is 6.24. The number of sulfonamides is 1. The van der Waals surface area contributed by atoms with Gasteiger partial charge >= 0.3 is 0 Å². The molecule has 0 amide bonds. The number of hydrazone groups is 1. The van der Waals surface area contributed by atoms with E-state index in [4.69, 9.17) is 11.6 Å². The van der Waals surface area contributed by atoms with E-state index in [2.05, 4.69) is 22.1 Å². The summed E-state index contributed by atoms with van der Waals surface area (Å²) < 4.78 is 24.9. The molecule has 0 spiro atoms. The molecular weight excluding hydrogens is 414 g/mol. The van der Waals surface area contributed by atoms with E-state index in [0.717, 1.165) is 11.6 Å². The van der Waals surface area contributed by atoms with Crippen molar-refractivity contribution in [3.63, 3.8) is 0 Å². The van der Waals surface area contributed by atoms with E-state index in [0.29, 0.717) is 11.6 Å². The lowest BCUT2D eigenvalue weighted by atomic mass is 9.84. The van der Waals surface area contributed by atoms with Crippen LogP contribution in [0.15, 0.2) is 52.5 Å². The van der Waals surface area contributed by atoms with Gasteiger partial charge < -0.3 is 0 Å². The number of rotatable bonds is 6. The van der Waals surface area contributed by atoms with Crippen LogP contribution in [0, 0.1) is 10.1 Å². The topological polar surface area (TPSA) is 102 Å². The monoisotopic (exact) mass is 435 g/mol. The minimum Gasteiger partial charge on any atom is -0.258 e. The molecule has 7 nitrogen and oxygen atoms in total. The quantitative estimate of drug-likeness (QED) is 0.392. The Morgan fingerprint density at radius 1 is 1.14 bits per heavy atom. The van der Waals surface area contributed by atoms with E-state index in [-0.39, 0.29) is 9.92 Å². The van der Waals surface area contributed by atoms with E-state index in [9.17, 15) is 18.5 Å². The van der Waals surface area contributed by atoms with E-state index in [1.165, 1.54) is 49.8 Å². The van der Waals surface area contributed by atoms with Crippen LogP contribution in [0.5, 0.6) is 0 Å². The lowest BCUT2D eigenvalue weighted by Gasteiger charge is -2.22. The summed E-state index contributed by atoms with van der Waals surface area (Å²) in [7, 11) is -4.06. The highest BCUT2D eigenvalue weighted by atomic mass is 35.5. The summed E-state index contributed by atoms with van der Waals surface area (Å²) in [6.45, 7) is 1.70. The molecule has 0 heterocycles. The van der Waals surface area contributed by atoms with Gasteiger partial charge in [-0.3, -0.25) is 10.1 Å². The molecule has 9 heteroatoms. The van der Waals surface area contributed by atoms with Gasteiger partial charge in [-0.2, -0.15) is 18.4 Å².